The van der Waals surface area contributed by atoms with E-state index >= 15 is 0 Å². The average molecular weight is 210 g/mol. The van der Waals surface area contributed by atoms with E-state index in [0.29, 0.717) is 6.54 Å². The summed E-state index contributed by atoms with van der Waals surface area (Å²) in [5, 5.41) is 0. The van der Waals surface area contributed by atoms with Gasteiger partial charge in [-0.25, -0.2) is 4.31 Å². The molecule has 0 rings (SSSR count). The minimum absolute atomic E-state index is 0.607. The molecule has 4 nitrogen and oxygen atoms in total. The molecule has 82 valence electrons. The highest BCUT2D eigenvalue weighted by Gasteiger charge is 1.91. The number of quaternary nitrogens is 1. The third-order valence-electron chi connectivity index (χ3n) is 0.793. The van der Waals surface area contributed by atoms with Gasteiger partial charge in [-0.3, -0.25) is 4.21 Å². The van der Waals surface area contributed by atoms with Gasteiger partial charge < -0.3 is 9.04 Å². The van der Waals surface area contributed by atoms with Crippen LogP contribution in [0.3, 0.4) is 0 Å². The molecule has 13 heavy (non-hydrogen) atoms. The van der Waals surface area contributed by atoms with Crippen molar-refractivity contribution in [3.63, 3.8) is 0 Å². The SMILES string of the molecule is CCCN(C)S(=O)[O-].C[N+](C)(C)C. The van der Waals surface area contributed by atoms with Crippen molar-refractivity contribution in [3.8, 4) is 0 Å². The summed E-state index contributed by atoms with van der Waals surface area (Å²) in [5.74, 6) is 0. The zero-order valence-corrected chi connectivity index (χ0v) is 10.3. The van der Waals surface area contributed by atoms with Crippen molar-refractivity contribution in [1.29, 1.82) is 0 Å². The number of hydrogen-bond donors (Lipinski definition) is 0. The summed E-state index contributed by atoms with van der Waals surface area (Å²) in [6.07, 6.45) is 0.866. The molecule has 0 saturated carbocycles. The van der Waals surface area contributed by atoms with Gasteiger partial charge in [0.15, 0.2) is 0 Å². The molecular weight excluding hydrogens is 188 g/mol. The van der Waals surface area contributed by atoms with Gasteiger partial charge in [0.25, 0.3) is 0 Å². The first-order valence-corrected chi connectivity index (χ1v) is 5.31. The minimum Gasteiger partial charge on any atom is -0.760 e. The van der Waals surface area contributed by atoms with E-state index in [9.17, 15) is 8.76 Å². The molecule has 0 N–H and O–H groups in total. The first-order valence-electron chi connectivity index (χ1n) is 4.28. The van der Waals surface area contributed by atoms with Gasteiger partial charge in [0.05, 0.1) is 28.2 Å². The molecule has 1 unspecified atom stereocenters. The minimum atomic E-state index is -2.03. The quantitative estimate of drug-likeness (QED) is 0.501. The van der Waals surface area contributed by atoms with E-state index in [4.69, 9.17) is 0 Å². The molecular formula is C8H22N2O2S. The third kappa shape index (κ3) is 24.5. The molecule has 0 bridgehead atoms. The van der Waals surface area contributed by atoms with Gasteiger partial charge in [-0.2, -0.15) is 0 Å². The van der Waals surface area contributed by atoms with Crippen LogP contribution in [0.5, 0.6) is 0 Å². The highest BCUT2D eigenvalue weighted by Crippen LogP contribution is 1.86. The number of nitrogens with zero attached hydrogens (tertiary/aromatic N) is 2. The summed E-state index contributed by atoms with van der Waals surface area (Å²) in [4.78, 5) is 0. The molecule has 0 saturated heterocycles. The Labute approximate surface area is 84.5 Å². The molecule has 0 aliphatic carbocycles. The largest absolute Gasteiger partial charge is 0.760 e. The maximum atomic E-state index is 10.0. The second-order valence-corrected chi connectivity index (χ2v) is 5.31. The molecule has 0 heterocycles. The summed E-state index contributed by atoms with van der Waals surface area (Å²) >= 11 is -2.03. The molecule has 1 atom stereocenters. The summed E-state index contributed by atoms with van der Waals surface area (Å²) in [5.41, 5.74) is 0. The van der Waals surface area contributed by atoms with Gasteiger partial charge in [-0.15, -0.1) is 0 Å². The van der Waals surface area contributed by atoms with Gasteiger partial charge in [-0.1, -0.05) is 6.92 Å². The van der Waals surface area contributed by atoms with E-state index in [1.165, 1.54) is 4.31 Å². The standard InChI is InChI=1S/C4H11NO2S.C4H12N/c1-3-4-5(2)8(6)7;1-5(2,3)4/h3-4H2,1-2H3,(H,6,7);1-4H3/q;+1/p-1. The van der Waals surface area contributed by atoms with Crippen molar-refractivity contribution >= 4 is 11.3 Å². The Morgan fingerprint density at radius 2 is 1.62 bits per heavy atom. The second kappa shape index (κ2) is 7.44. The van der Waals surface area contributed by atoms with Gasteiger partial charge in [0, 0.05) is 17.8 Å². The van der Waals surface area contributed by atoms with Crippen LogP contribution in [0.1, 0.15) is 13.3 Å². The Balaban J connectivity index is 0. The van der Waals surface area contributed by atoms with Gasteiger partial charge in [0.2, 0.25) is 0 Å². The second-order valence-electron chi connectivity index (χ2n) is 4.25. The topological polar surface area (TPSA) is 43.4 Å². The van der Waals surface area contributed by atoms with Crippen LogP contribution in [0.15, 0.2) is 0 Å². The van der Waals surface area contributed by atoms with Crippen LogP contribution in [-0.2, 0) is 11.3 Å². The molecule has 0 fully saturated rings. The van der Waals surface area contributed by atoms with Gasteiger partial charge in [0.1, 0.15) is 0 Å². The van der Waals surface area contributed by atoms with Gasteiger partial charge in [-0.05, 0) is 13.5 Å². The Morgan fingerprint density at radius 1 is 1.31 bits per heavy atom. The molecule has 0 aromatic rings. The summed E-state index contributed by atoms with van der Waals surface area (Å²) in [6, 6.07) is 0. The predicted molar refractivity (Wildman–Crippen MR) is 55.8 cm³/mol. The van der Waals surface area contributed by atoms with E-state index in [-0.39, 0.29) is 0 Å². The van der Waals surface area contributed by atoms with Crippen LogP contribution in [0, 0.1) is 0 Å². The van der Waals surface area contributed by atoms with Crippen LogP contribution in [0.4, 0.5) is 0 Å². The molecule has 0 aromatic heterocycles. The molecule has 0 spiro atoms. The lowest BCUT2D eigenvalue weighted by Gasteiger charge is -2.16. The maximum Gasteiger partial charge on any atom is 0.0675 e. The summed E-state index contributed by atoms with van der Waals surface area (Å²) < 4.78 is 22.3. The summed E-state index contributed by atoms with van der Waals surface area (Å²) in [7, 11) is 10.0. The van der Waals surface area contributed by atoms with Crippen LogP contribution >= 0.6 is 0 Å². The lowest BCUT2D eigenvalue weighted by atomic mass is 10.5. The Hall–Kier alpha value is 0.0300. The first-order chi connectivity index (χ1) is 5.68. The van der Waals surface area contributed by atoms with Crippen molar-refractivity contribution in [2.75, 3.05) is 41.8 Å². The lowest BCUT2D eigenvalue weighted by Crippen LogP contribution is -2.27. The van der Waals surface area contributed by atoms with Gasteiger partial charge >= 0.3 is 0 Å². The molecule has 0 amide bonds. The van der Waals surface area contributed by atoms with Crippen LogP contribution < -0.4 is 0 Å². The van der Waals surface area contributed by atoms with E-state index in [1.807, 2.05) is 6.92 Å². The zero-order chi connectivity index (χ0) is 11.1. The molecule has 0 aliphatic heterocycles. The predicted octanol–water partition coefficient (Wildman–Crippen LogP) is 0.445. The smallest absolute Gasteiger partial charge is 0.0675 e. The molecule has 5 heteroatoms. The van der Waals surface area contributed by atoms with E-state index in [0.717, 1.165) is 10.9 Å². The molecule has 0 aliphatic rings. The van der Waals surface area contributed by atoms with Crippen LogP contribution in [0.25, 0.3) is 0 Å². The fourth-order valence-electron chi connectivity index (χ4n) is 0.389. The van der Waals surface area contributed by atoms with Crippen molar-refractivity contribution < 1.29 is 13.2 Å². The van der Waals surface area contributed by atoms with Crippen LogP contribution in [-0.4, -0.2) is 59.3 Å². The lowest BCUT2D eigenvalue weighted by molar-refractivity contribution is -0.849. The van der Waals surface area contributed by atoms with Crippen molar-refractivity contribution in [3.05, 3.63) is 0 Å². The summed E-state index contributed by atoms with van der Waals surface area (Å²) in [6.45, 7) is 2.54. The number of hydrogen-bond acceptors (Lipinski definition) is 2. The van der Waals surface area contributed by atoms with E-state index in [1.54, 1.807) is 7.05 Å². The Kier molecular flexibility index (Phi) is 8.87. The highest BCUT2D eigenvalue weighted by atomic mass is 32.2. The number of rotatable bonds is 3. The molecule has 0 radical (unpaired) electrons. The van der Waals surface area contributed by atoms with Crippen molar-refractivity contribution in [1.82, 2.24) is 4.31 Å². The van der Waals surface area contributed by atoms with E-state index in [2.05, 4.69) is 28.2 Å². The first kappa shape index (κ1) is 15.5. The monoisotopic (exact) mass is 210 g/mol. The van der Waals surface area contributed by atoms with Crippen molar-refractivity contribution in [2.24, 2.45) is 0 Å². The van der Waals surface area contributed by atoms with E-state index < -0.39 is 11.3 Å². The zero-order valence-electron chi connectivity index (χ0n) is 9.53. The average Bonchev–Trinajstić information content (AvgIpc) is 1.84. The fourth-order valence-corrected chi connectivity index (χ4v) is 0.721. The third-order valence-corrected chi connectivity index (χ3v) is 1.48. The normalized spacial score (nSPS) is 13.5. The van der Waals surface area contributed by atoms with Crippen LogP contribution in [0.2, 0.25) is 0 Å². The highest BCUT2D eigenvalue weighted by molar-refractivity contribution is 7.76. The fraction of sp³-hybridized carbons (Fsp3) is 1.00. The Bertz CT molecular complexity index is 140. The van der Waals surface area contributed by atoms with Crippen molar-refractivity contribution in [2.45, 2.75) is 13.3 Å². The Morgan fingerprint density at radius 3 is 1.69 bits per heavy atom. The molecule has 0 aromatic carbocycles. The maximum absolute atomic E-state index is 10.0.